The summed E-state index contributed by atoms with van der Waals surface area (Å²) in [7, 11) is 1.55. The van der Waals surface area contributed by atoms with Gasteiger partial charge in [-0.1, -0.05) is 22.0 Å². The second-order valence-electron chi connectivity index (χ2n) is 7.53. The summed E-state index contributed by atoms with van der Waals surface area (Å²) in [6, 6.07) is 10.8. The highest BCUT2D eigenvalue weighted by Gasteiger charge is 2.18. The van der Waals surface area contributed by atoms with Gasteiger partial charge in [-0.2, -0.15) is 4.98 Å². The van der Waals surface area contributed by atoms with Gasteiger partial charge in [-0.25, -0.2) is 4.68 Å². The SMILES string of the molecule is COc1cc(Cl)ccc1-c1nc(-c2ccc3c(c2)nnn3CCC(=O)N2CCOCC2)no1. The second kappa shape index (κ2) is 9.16. The van der Waals surface area contributed by atoms with Crippen LogP contribution in [0.1, 0.15) is 6.42 Å². The van der Waals surface area contributed by atoms with Crippen LogP contribution in [0.4, 0.5) is 0 Å². The zero-order valence-electron chi connectivity index (χ0n) is 17.9. The third-order valence-corrected chi connectivity index (χ3v) is 5.73. The van der Waals surface area contributed by atoms with Crippen LogP contribution < -0.4 is 4.74 Å². The first-order chi connectivity index (χ1) is 16.1. The van der Waals surface area contributed by atoms with Crippen LogP contribution in [0.2, 0.25) is 5.02 Å². The van der Waals surface area contributed by atoms with E-state index >= 15 is 0 Å². The molecule has 1 saturated heterocycles. The molecule has 1 aliphatic heterocycles. The summed E-state index contributed by atoms with van der Waals surface area (Å²) in [6.45, 7) is 2.89. The van der Waals surface area contributed by atoms with Crippen LogP contribution in [0, 0.1) is 0 Å². The predicted molar refractivity (Wildman–Crippen MR) is 120 cm³/mol. The normalized spacial score (nSPS) is 14.1. The van der Waals surface area contributed by atoms with Crippen LogP contribution in [0.5, 0.6) is 5.75 Å². The van der Waals surface area contributed by atoms with Gasteiger partial charge in [0, 0.05) is 30.1 Å². The van der Waals surface area contributed by atoms with Crippen LogP contribution in [-0.2, 0) is 16.1 Å². The van der Waals surface area contributed by atoms with Crippen LogP contribution in [-0.4, -0.2) is 69.4 Å². The molecule has 0 bridgehead atoms. The number of nitrogens with zero attached hydrogens (tertiary/aromatic N) is 6. The first kappa shape index (κ1) is 21.4. The fraction of sp³-hybridized carbons (Fsp3) is 0.318. The third-order valence-electron chi connectivity index (χ3n) is 5.49. The van der Waals surface area contributed by atoms with Crippen molar-refractivity contribution >= 4 is 28.5 Å². The Hall–Kier alpha value is -3.50. The van der Waals surface area contributed by atoms with Crippen molar-refractivity contribution in [2.24, 2.45) is 0 Å². The Kier molecular flexibility index (Phi) is 5.93. The van der Waals surface area contributed by atoms with Gasteiger partial charge in [0.2, 0.25) is 11.7 Å². The number of rotatable bonds is 6. The maximum atomic E-state index is 12.4. The summed E-state index contributed by atoms with van der Waals surface area (Å²) < 4.78 is 17.9. The van der Waals surface area contributed by atoms with Gasteiger partial charge in [0.25, 0.3) is 5.89 Å². The zero-order chi connectivity index (χ0) is 22.8. The van der Waals surface area contributed by atoms with Crippen molar-refractivity contribution in [3.05, 3.63) is 41.4 Å². The Morgan fingerprint density at radius 1 is 1.18 bits per heavy atom. The number of hydrogen-bond donors (Lipinski definition) is 0. The summed E-state index contributed by atoms with van der Waals surface area (Å²) in [5, 5.41) is 13.1. The van der Waals surface area contributed by atoms with E-state index < -0.39 is 0 Å². The monoisotopic (exact) mass is 468 g/mol. The van der Waals surface area contributed by atoms with E-state index in [0.717, 1.165) is 11.1 Å². The molecular weight excluding hydrogens is 448 g/mol. The van der Waals surface area contributed by atoms with Gasteiger partial charge in [0.1, 0.15) is 11.3 Å². The number of aryl methyl sites for hydroxylation is 1. The lowest BCUT2D eigenvalue weighted by molar-refractivity contribution is -0.135. The van der Waals surface area contributed by atoms with Crippen molar-refractivity contribution in [2.75, 3.05) is 33.4 Å². The molecule has 0 aliphatic carbocycles. The molecule has 1 aliphatic rings. The van der Waals surface area contributed by atoms with Crippen LogP contribution >= 0.6 is 11.6 Å². The van der Waals surface area contributed by atoms with E-state index in [1.54, 1.807) is 30.0 Å². The van der Waals surface area contributed by atoms with E-state index in [4.69, 9.17) is 25.6 Å². The van der Waals surface area contributed by atoms with Crippen LogP contribution in [0.25, 0.3) is 33.9 Å². The smallest absolute Gasteiger partial charge is 0.262 e. The zero-order valence-corrected chi connectivity index (χ0v) is 18.7. The van der Waals surface area contributed by atoms with Gasteiger partial charge in [-0.3, -0.25) is 4.79 Å². The number of hydrogen-bond acceptors (Lipinski definition) is 8. The van der Waals surface area contributed by atoms with E-state index in [-0.39, 0.29) is 5.91 Å². The number of ether oxygens (including phenoxy) is 2. The largest absolute Gasteiger partial charge is 0.496 e. The summed E-state index contributed by atoms with van der Waals surface area (Å²) in [6.07, 6.45) is 0.358. The van der Waals surface area contributed by atoms with Crippen molar-refractivity contribution in [1.82, 2.24) is 30.0 Å². The minimum Gasteiger partial charge on any atom is -0.496 e. The highest BCUT2D eigenvalue weighted by Crippen LogP contribution is 2.32. The molecule has 3 heterocycles. The highest BCUT2D eigenvalue weighted by atomic mass is 35.5. The van der Waals surface area contributed by atoms with Crippen molar-refractivity contribution < 1.29 is 18.8 Å². The van der Waals surface area contributed by atoms with Gasteiger partial charge in [0.05, 0.1) is 37.9 Å². The van der Waals surface area contributed by atoms with Crippen LogP contribution in [0.3, 0.4) is 0 Å². The number of aromatic nitrogens is 5. The van der Waals surface area contributed by atoms with Gasteiger partial charge >= 0.3 is 0 Å². The molecule has 1 fully saturated rings. The molecule has 11 heteroatoms. The Bertz CT molecular complexity index is 1300. The summed E-state index contributed by atoms with van der Waals surface area (Å²) in [5.74, 6) is 1.38. The average molecular weight is 469 g/mol. The Morgan fingerprint density at radius 2 is 2.03 bits per heavy atom. The van der Waals surface area contributed by atoms with Crippen molar-refractivity contribution in [2.45, 2.75) is 13.0 Å². The first-order valence-corrected chi connectivity index (χ1v) is 10.9. The molecule has 5 rings (SSSR count). The minimum absolute atomic E-state index is 0.0931. The predicted octanol–water partition coefficient (Wildman–Crippen LogP) is 3.06. The number of carbonyl (C=O) groups is 1. The highest BCUT2D eigenvalue weighted by molar-refractivity contribution is 6.30. The van der Waals surface area contributed by atoms with Crippen molar-refractivity contribution in [3.8, 4) is 28.6 Å². The van der Waals surface area contributed by atoms with E-state index in [0.29, 0.717) is 72.8 Å². The quantitative estimate of drug-likeness (QED) is 0.425. The molecular formula is C22H21ClN6O4. The number of carbonyl (C=O) groups excluding carboxylic acids is 1. The molecule has 170 valence electrons. The molecule has 2 aromatic carbocycles. The van der Waals surface area contributed by atoms with Crippen molar-refractivity contribution in [3.63, 3.8) is 0 Å². The lowest BCUT2D eigenvalue weighted by Crippen LogP contribution is -2.41. The molecule has 0 atom stereocenters. The maximum Gasteiger partial charge on any atom is 0.262 e. The molecule has 0 saturated carbocycles. The van der Waals surface area contributed by atoms with Crippen LogP contribution in [0.15, 0.2) is 40.9 Å². The molecule has 33 heavy (non-hydrogen) atoms. The number of benzene rings is 2. The Balaban J connectivity index is 1.33. The Morgan fingerprint density at radius 3 is 2.85 bits per heavy atom. The topological polar surface area (TPSA) is 108 Å². The molecule has 0 N–H and O–H groups in total. The van der Waals surface area contributed by atoms with E-state index in [1.165, 1.54) is 0 Å². The molecule has 1 amide bonds. The first-order valence-electron chi connectivity index (χ1n) is 10.5. The fourth-order valence-corrected chi connectivity index (χ4v) is 3.90. The van der Waals surface area contributed by atoms with Gasteiger partial charge in [-0.15, -0.1) is 5.10 Å². The number of morpholine rings is 1. The Labute approximate surface area is 194 Å². The number of fused-ring (bicyclic) bond motifs is 1. The molecule has 0 spiro atoms. The van der Waals surface area contributed by atoms with E-state index in [1.807, 2.05) is 23.1 Å². The molecule has 0 unspecified atom stereocenters. The van der Waals surface area contributed by atoms with Crippen molar-refractivity contribution in [1.29, 1.82) is 0 Å². The molecule has 2 aromatic heterocycles. The number of amides is 1. The summed E-state index contributed by atoms with van der Waals surface area (Å²) in [5.41, 5.74) is 2.90. The summed E-state index contributed by atoms with van der Waals surface area (Å²) >= 11 is 6.03. The molecule has 10 nitrogen and oxygen atoms in total. The minimum atomic E-state index is 0.0931. The van der Waals surface area contributed by atoms with E-state index in [9.17, 15) is 4.79 Å². The number of methoxy groups -OCH3 is 1. The average Bonchev–Trinajstić information content (AvgIpc) is 3.50. The standard InChI is InChI=1S/C22H21ClN6O4/c1-31-19-13-15(23)3-4-16(19)22-24-21(26-33-22)14-2-5-18-17(12-14)25-27-29(18)7-6-20(30)28-8-10-32-11-9-28/h2-5,12-13H,6-11H2,1H3. The molecule has 4 aromatic rings. The van der Waals surface area contributed by atoms with Gasteiger partial charge in [0.15, 0.2) is 0 Å². The number of halogens is 1. The molecule has 0 radical (unpaired) electrons. The lowest BCUT2D eigenvalue weighted by atomic mass is 10.1. The summed E-state index contributed by atoms with van der Waals surface area (Å²) in [4.78, 5) is 18.7. The third kappa shape index (κ3) is 4.39. The fourth-order valence-electron chi connectivity index (χ4n) is 3.74. The van der Waals surface area contributed by atoms with E-state index in [2.05, 4.69) is 20.5 Å². The van der Waals surface area contributed by atoms with Gasteiger partial charge < -0.3 is 18.9 Å². The lowest BCUT2D eigenvalue weighted by Gasteiger charge is -2.26. The maximum absolute atomic E-state index is 12.4. The van der Waals surface area contributed by atoms with Gasteiger partial charge in [-0.05, 0) is 36.4 Å². The second-order valence-corrected chi connectivity index (χ2v) is 7.96.